The second-order valence-electron chi connectivity index (χ2n) is 7.79. The number of rotatable bonds is 6. The molecule has 1 amide bonds. The van der Waals surface area contributed by atoms with E-state index < -0.39 is 11.7 Å². The highest BCUT2D eigenvalue weighted by molar-refractivity contribution is 5.88. The summed E-state index contributed by atoms with van der Waals surface area (Å²) in [6, 6.07) is 6.57. The summed E-state index contributed by atoms with van der Waals surface area (Å²) < 4.78 is 35.6. The highest BCUT2D eigenvalue weighted by Gasteiger charge is 2.30. The van der Waals surface area contributed by atoms with Crippen LogP contribution in [0.15, 0.2) is 36.8 Å². The molecule has 0 saturated heterocycles. The molecule has 0 unspecified atom stereocenters. The van der Waals surface area contributed by atoms with Gasteiger partial charge < -0.3 is 19.8 Å². The van der Waals surface area contributed by atoms with Crippen LogP contribution in [0, 0.1) is 18.3 Å². The number of nitrogens with one attached hydrogen (secondary N) is 2. The Morgan fingerprint density at radius 2 is 1.94 bits per heavy atom. The summed E-state index contributed by atoms with van der Waals surface area (Å²) in [6.45, 7) is 3.81. The molecule has 2 N–H and O–H groups in total. The van der Waals surface area contributed by atoms with Crippen LogP contribution in [0.25, 0.3) is 16.9 Å². The summed E-state index contributed by atoms with van der Waals surface area (Å²) in [5.41, 5.74) is 2.34. The molecule has 4 heterocycles. The molecule has 0 aliphatic carbocycles. The Morgan fingerprint density at radius 1 is 1.17 bits per heavy atom. The number of nitrogens with zero attached hydrogens (tertiary/aromatic N) is 6. The monoisotopic (exact) mass is 478 g/mol. The van der Waals surface area contributed by atoms with Crippen LogP contribution in [0.2, 0.25) is 0 Å². The lowest BCUT2D eigenvalue weighted by atomic mass is 10.1. The molecule has 0 radical (unpaired) electrons. The number of halogens is 2. The fourth-order valence-corrected chi connectivity index (χ4v) is 3.39. The molecule has 0 fully saturated rings. The number of hydrogen-bond donors (Lipinski definition) is 2. The van der Waals surface area contributed by atoms with E-state index in [1.165, 1.54) is 38.4 Å². The van der Waals surface area contributed by atoms with Gasteiger partial charge in [0.15, 0.2) is 11.4 Å². The lowest BCUT2D eigenvalue weighted by molar-refractivity contribution is -0.114. The van der Waals surface area contributed by atoms with Gasteiger partial charge in [0.2, 0.25) is 11.7 Å². The van der Waals surface area contributed by atoms with E-state index >= 15 is 0 Å². The third kappa shape index (κ3) is 4.98. The number of hydrogen-bond acceptors (Lipinski definition) is 8. The summed E-state index contributed by atoms with van der Waals surface area (Å²) >= 11 is 0. The number of amides is 1. The largest absolute Gasteiger partial charge is 0.493 e. The lowest BCUT2D eigenvalue weighted by Crippen LogP contribution is -2.15. The van der Waals surface area contributed by atoms with E-state index in [0.29, 0.717) is 35.3 Å². The molecule has 0 bridgehead atoms. The van der Waals surface area contributed by atoms with Crippen LogP contribution in [-0.2, 0) is 10.7 Å². The zero-order chi connectivity index (χ0) is 25.3. The van der Waals surface area contributed by atoms with Crippen LogP contribution in [0.4, 0.5) is 26.1 Å². The molecule has 10 nitrogen and oxygen atoms in total. The molecule has 0 aromatic carbocycles. The molecule has 35 heavy (non-hydrogen) atoms. The van der Waals surface area contributed by atoms with Crippen LogP contribution in [0.1, 0.15) is 30.9 Å². The summed E-state index contributed by atoms with van der Waals surface area (Å²) in [7, 11) is 1.42. The average molecular weight is 478 g/mol. The van der Waals surface area contributed by atoms with Crippen molar-refractivity contribution >= 4 is 28.9 Å². The fourth-order valence-electron chi connectivity index (χ4n) is 3.39. The molecule has 4 aromatic rings. The van der Waals surface area contributed by atoms with Gasteiger partial charge in [-0.2, -0.15) is 14.0 Å². The number of fused-ring (bicyclic) bond motifs is 1. The van der Waals surface area contributed by atoms with Crippen LogP contribution < -0.4 is 15.4 Å². The zero-order valence-corrected chi connectivity index (χ0v) is 19.2. The van der Waals surface area contributed by atoms with Crippen molar-refractivity contribution in [3.8, 4) is 23.1 Å². The Kier molecular flexibility index (Phi) is 6.00. The minimum absolute atomic E-state index is 0.0465. The van der Waals surface area contributed by atoms with Crippen molar-refractivity contribution in [1.29, 1.82) is 5.26 Å². The number of aryl methyl sites for hydroxylation is 1. The molecule has 0 atom stereocenters. The van der Waals surface area contributed by atoms with E-state index in [4.69, 9.17) is 4.74 Å². The number of alkyl halides is 2. The number of anilines is 3. The molecular weight excluding hydrogens is 458 g/mol. The summed E-state index contributed by atoms with van der Waals surface area (Å²) in [5.74, 6) is -3.81. The highest BCUT2D eigenvalue weighted by Crippen LogP contribution is 2.33. The zero-order valence-electron chi connectivity index (χ0n) is 19.2. The Labute approximate surface area is 198 Å². The molecule has 4 rings (SSSR count). The van der Waals surface area contributed by atoms with Gasteiger partial charge in [0.25, 0.3) is 0 Å². The Bertz CT molecular complexity index is 1490. The van der Waals surface area contributed by atoms with Gasteiger partial charge in [0.05, 0.1) is 35.9 Å². The van der Waals surface area contributed by atoms with Crippen molar-refractivity contribution in [2.75, 3.05) is 17.7 Å². The first kappa shape index (κ1) is 23.5. The first-order chi connectivity index (χ1) is 16.6. The standard InChI is InChI=1S/C23H20F2N8O2/c1-12-10-33-11-15(5-14(8-26)21(33)28-12)16-6-20(32-22(31-16)23(3,24)25)30-17-7-19(29-13(2)34)27-9-18(17)35-4/h5-7,9-11H,1-4H3,(H2,27,29,30,31,32,34). The first-order valence-electron chi connectivity index (χ1n) is 10.3. The number of carbonyl (C=O) groups excluding carboxylic acids is 1. The van der Waals surface area contributed by atoms with Crippen molar-refractivity contribution in [3.63, 3.8) is 0 Å². The molecular formula is C23H20F2N8O2. The van der Waals surface area contributed by atoms with Gasteiger partial charge in [0, 0.05) is 43.9 Å². The quantitative estimate of drug-likeness (QED) is 0.422. The fraction of sp³-hybridized carbons (Fsp3) is 0.217. The number of imidazole rings is 1. The molecule has 0 aliphatic rings. The van der Waals surface area contributed by atoms with Gasteiger partial charge in [-0.3, -0.25) is 4.79 Å². The van der Waals surface area contributed by atoms with Gasteiger partial charge >= 0.3 is 5.92 Å². The van der Waals surface area contributed by atoms with E-state index in [1.807, 2.05) is 0 Å². The van der Waals surface area contributed by atoms with Crippen LogP contribution in [0.3, 0.4) is 0 Å². The van der Waals surface area contributed by atoms with E-state index in [-0.39, 0.29) is 28.8 Å². The summed E-state index contributed by atoms with van der Waals surface area (Å²) in [5, 5.41) is 15.1. The third-order valence-electron chi connectivity index (χ3n) is 4.86. The van der Waals surface area contributed by atoms with E-state index in [9.17, 15) is 18.8 Å². The second-order valence-corrected chi connectivity index (χ2v) is 7.79. The Balaban J connectivity index is 1.85. The smallest absolute Gasteiger partial charge is 0.303 e. The SMILES string of the molecule is COc1cnc(NC(C)=O)cc1Nc1cc(-c2cc(C#N)c3nc(C)cn3c2)nc(C(C)(F)F)n1. The minimum atomic E-state index is -3.34. The van der Waals surface area contributed by atoms with E-state index in [1.54, 1.807) is 23.7 Å². The van der Waals surface area contributed by atoms with Gasteiger partial charge in [0.1, 0.15) is 17.7 Å². The summed E-state index contributed by atoms with van der Waals surface area (Å²) in [4.78, 5) is 27.8. The van der Waals surface area contributed by atoms with Crippen LogP contribution in [-0.4, -0.2) is 37.4 Å². The number of ether oxygens (including phenoxy) is 1. The number of pyridine rings is 2. The first-order valence-corrected chi connectivity index (χ1v) is 10.3. The van der Waals surface area contributed by atoms with Crippen LogP contribution >= 0.6 is 0 Å². The maximum atomic E-state index is 14.3. The normalized spacial score (nSPS) is 11.2. The van der Waals surface area contributed by atoms with Crippen LogP contribution in [0.5, 0.6) is 5.75 Å². The molecule has 0 spiro atoms. The van der Waals surface area contributed by atoms with E-state index in [0.717, 1.165) is 0 Å². The Morgan fingerprint density at radius 3 is 2.60 bits per heavy atom. The Hall–Kier alpha value is -4.66. The number of methoxy groups -OCH3 is 1. The topological polar surface area (TPSA) is 130 Å². The van der Waals surface area contributed by atoms with Gasteiger partial charge in [-0.15, -0.1) is 0 Å². The minimum Gasteiger partial charge on any atom is -0.493 e. The predicted molar refractivity (Wildman–Crippen MR) is 124 cm³/mol. The molecule has 178 valence electrons. The van der Waals surface area contributed by atoms with Crippen molar-refractivity contribution in [1.82, 2.24) is 24.3 Å². The third-order valence-corrected chi connectivity index (χ3v) is 4.86. The predicted octanol–water partition coefficient (Wildman–Crippen LogP) is 4.19. The van der Waals surface area contributed by atoms with Crippen molar-refractivity contribution in [2.24, 2.45) is 0 Å². The maximum absolute atomic E-state index is 14.3. The lowest BCUT2D eigenvalue weighted by Gasteiger charge is -2.16. The van der Waals surface area contributed by atoms with Gasteiger partial charge in [-0.25, -0.2) is 19.9 Å². The highest BCUT2D eigenvalue weighted by atomic mass is 19.3. The number of aromatic nitrogens is 5. The van der Waals surface area contributed by atoms with Crippen molar-refractivity contribution in [2.45, 2.75) is 26.7 Å². The van der Waals surface area contributed by atoms with Gasteiger partial charge in [-0.1, -0.05) is 0 Å². The summed E-state index contributed by atoms with van der Waals surface area (Å²) in [6.07, 6.45) is 4.75. The number of carbonyl (C=O) groups is 1. The molecule has 0 saturated carbocycles. The number of nitriles is 1. The average Bonchev–Trinajstić information content (AvgIpc) is 3.17. The van der Waals surface area contributed by atoms with Crippen molar-refractivity contribution in [3.05, 3.63) is 53.9 Å². The van der Waals surface area contributed by atoms with E-state index in [2.05, 4.69) is 36.6 Å². The van der Waals surface area contributed by atoms with Crippen molar-refractivity contribution < 1.29 is 18.3 Å². The maximum Gasteiger partial charge on any atom is 0.303 e. The molecule has 0 aliphatic heterocycles. The molecule has 4 aromatic heterocycles. The van der Waals surface area contributed by atoms with Gasteiger partial charge in [-0.05, 0) is 13.0 Å². The molecule has 12 heteroatoms. The second kappa shape index (κ2) is 8.94.